The molecule has 5 rings (SSSR count). The second kappa shape index (κ2) is 17.0. The average molecular weight is 705 g/mol. The van der Waals surface area contributed by atoms with E-state index in [1.807, 2.05) is 24.3 Å². The Hall–Kier alpha value is -4.64. The number of carbonyl (C=O) groups is 3. The Balaban J connectivity index is 0.000000376. The molecule has 18 heteroatoms. The number of benzene rings is 2. The summed E-state index contributed by atoms with van der Waals surface area (Å²) in [7, 11) is 0. The van der Waals surface area contributed by atoms with Crippen molar-refractivity contribution in [2.45, 2.75) is 50.9 Å². The lowest BCUT2D eigenvalue weighted by atomic mass is 9.93. The van der Waals surface area contributed by atoms with Crippen LogP contribution >= 0.6 is 11.6 Å². The molecule has 6 N–H and O–H groups in total. The molecule has 3 heterocycles. The number of piperidine rings is 1. The molecule has 1 saturated heterocycles. The summed E-state index contributed by atoms with van der Waals surface area (Å²) in [5, 5.41) is 27.8. The van der Waals surface area contributed by atoms with Crippen LogP contribution in [0.3, 0.4) is 0 Å². The summed E-state index contributed by atoms with van der Waals surface area (Å²) in [6.07, 6.45) is -3.15. The van der Waals surface area contributed by atoms with E-state index in [-0.39, 0.29) is 5.91 Å². The molecule has 0 aliphatic carbocycles. The third-order valence-corrected chi connectivity index (χ3v) is 7.25. The number of carboxylic acid groups (broad SMARTS) is 2. The van der Waals surface area contributed by atoms with Crippen molar-refractivity contribution in [2.75, 3.05) is 29.0 Å². The normalized spacial score (nSPS) is 14.4. The highest BCUT2D eigenvalue weighted by Crippen LogP contribution is 2.30. The summed E-state index contributed by atoms with van der Waals surface area (Å²) < 4.78 is 63.5. The molecule has 3 aromatic rings. The first kappa shape index (κ1) is 37.8. The van der Waals surface area contributed by atoms with E-state index in [2.05, 4.69) is 49.4 Å². The number of aliphatic carboxylic acids is 2. The number of fused-ring (bicyclic) bond motifs is 6. The molecular formula is C30H31ClF6N6O5. The van der Waals surface area contributed by atoms with E-state index >= 15 is 0 Å². The molecule has 1 amide bonds. The van der Waals surface area contributed by atoms with Gasteiger partial charge >= 0.3 is 24.3 Å². The van der Waals surface area contributed by atoms with Gasteiger partial charge in [0.2, 0.25) is 11.9 Å². The first-order valence-corrected chi connectivity index (χ1v) is 14.8. The highest BCUT2D eigenvalue weighted by molar-refractivity contribution is 6.32. The van der Waals surface area contributed by atoms with Crippen molar-refractivity contribution in [1.82, 2.24) is 15.3 Å². The van der Waals surface area contributed by atoms with Gasteiger partial charge in [0.15, 0.2) is 5.82 Å². The molecule has 0 unspecified atom stereocenters. The van der Waals surface area contributed by atoms with E-state index in [1.54, 1.807) is 6.20 Å². The van der Waals surface area contributed by atoms with E-state index in [4.69, 9.17) is 31.4 Å². The summed E-state index contributed by atoms with van der Waals surface area (Å²) in [6.45, 7) is 2.11. The number of hydrogen-bond acceptors (Lipinski definition) is 8. The molecule has 0 saturated carbocycles. The number of rotatable bonds is 4. The lowest BCUT2D eigenvalue weighted by molar-refractivity contribution is -0.193. The van der Waals surface area contributed by atoms with Crippen molar-refractivity contribution in [3.63, 3.8) is 0 Å². The standard InChI is InChI=1S/C26H29ClN6O.2C2HF3O2/c27-22-16-29-26-31-20-3-1-2-18(14-20)4-6-19-15-21(30-25(22)33-26)7-8-23(19)32-24(34)9-5-17-10-12-28-13-11-17;2*3-2(4,5)1(6)7/h1-3,7-8,14-17,28H,4-6,9-13H2,(H,32,34)(H2,29,30,31,33);2*(H,6,7). The molecule has 0 radical (unpaired) electrons. The second-order valence-corrected chi connectivity index (χ2v) is 11.0. The largest absolute Gasteiger partial charge is 0.490 e. The Morgan fingerprint density at radius 1 is 0.896 bits per heavy atom. The Morgan fingerprint density at radius 2 is 1.52 bits per heavy atom. The minimum Gasteiger partial charge on any atom is -0.475 e. The first-order valence-electron chi connectivity index (χ1n) is 14.4. The number of carboxylic acids is 2. The van der Waals surface area contributed by atoms with E-state index in [1.165, 1.54) is 5.56 Å². The summed E-state index contributed by atoms with van der Waals surface area (Å²) in [4.78, 5) is 39.4. The number of nitrogens with zero attached hydrogens (tertiary/aromatic N) is 2. The van der Waals surface area contributed by atoms with Gasteiger partial charge in [0, 0.05) is 23.5 Å². The number of halogens is 7. The number of aromatic nitrogens is 2. The zero-order chi connectivity index (χ0) is 35.5. The van der Waals surface area contributed by atoms with Crippen LogP contribution in [-0.4, -0.2) is 63.5 Å². The van der Waals surface area contributed by atoms with Crippen LogP contribution in [-0.2, 0) is 27.2 Å². The molecule has 0 atom stereocenters. The van der Waals surface area contributed by atoms with Gasteiger partial charge in [0.25, 0.3) is 0 Å². The number of alkyl halides is 6. The van der Waals surface area contributed by atoms with Crippen molar-refractivity contribution in [2.24, 2.45) is 5.92 Å². The summed E-state index contributed by atoms with van der Waals surface area (Å²) >= 11 is 6.36. The molecule has 260 valence electrons. The average Bonchev–Trinajstić information content (AvgIpc) is 3.02. The van der Waals surface area contributed by atoms with Crippen molar-refractivity contribution in [3.8, 4) is 0 Å². The van der Waals surface area contributed by atoms with Crippen molar-refractivity contribution < 1.29 is 50.9 Å². The lowest BCUT2D eigenvalue weighted by Crippen LogP contribution is -2.28. The fourth-order valence-electron chi connectivity index (χ4n) is 4.58. The van der Waals surface area contributed by atoms with Gasteiger partial charge in [-0.1, -0.05) is 23.7 Å². The third-order valence-electron chi connectivity index (χ3n) is 6.98. The first-order chi connectivity index (χ1) is 22.5. The number of anilines is 5. The molecule has 1 aromatic heterocycles. The molecule has 2 aliphatic heterocycles. The van der Waals surface area contributed by atoms with E-state index in [0.29, 0.717) is 29.1 Å². The van der Waals surface area contributed by atoms with E-state index in [0.717, 1.165) is 67.8 Å². The van der Waals surface area contributed by atoms with E-state index in [9.17, 15) is 31.1 Å². The zero-order valence-corrected chi connectivity index (χ0v) is 25.8. The minimum absolute atomic E-state index is 0.0769. The molecule has 11 nitrogen and oxygen atoms in total. The van der Waals surface area contributed by atoms with Gasteiger partial charge < -0.3 is 31.5 Å². The van der Waals surface area contributed by atoms with Crippen LogP contribution in [0.15, 0.2) is 48.7 Å². The van der Waals surface area contributed by atoms with Gasteiger partial charge in [-0.15, -0.1) is 0 Å². The number of aryl methyl sites for hydroxylation is 2. The van der Waals surface area contributed by atoms with Gasteiger partial charge in [0.05, 0.1) is 6.20 Å². The van der Waals surface area contributed by atoms with Crippen LogP contribution in [0.5, 0.6) is 0 Å². The smallest absolute Gasteiger partial charge is 0.475 e. The predicted octanol–water partition coefficient (Wildman–Crippen LogP) is 6.70. The number of nitrogens with one attached hydrogen (secondary N) is 4. The molecule has 2 aliphatic rings. The minimum atomic E-state index is -5.08. The molecular weight excluding hydrogens is 674 g/mol. The summed E-state index contributed by atoms with van der Waals surface area (Å²) in [5.41, 5.74) is 4.91. The number of amides is 1. The van der Waals surface area contributed by atoms with Gasteiger partial charge in [-0.3, -0.25) is 4.79 Å². The lowest BCUT2D eigenvalue weighted by Gasteiger charge is -2.22. The predicted molar refractivity (Wildman–Crippen MR) is 165 cm³/mol. The van der Waals surface area contributed by atoms with Crippen molar-refractivity contribution in [3.05, 3.63) is 64.8 Å². The fraction of sp³-hybridized carbons (Fsp3) is 0.367. The topological polar surface area (TPSA) is 166 Å². The maximum Gasteiger partial charge on any atom is 0.490 e. The number of hydrogen-bond donors (Lipinski definition) is 6. The summed E-state index contributed by atoms with van der Waals surface area (Å²) in [6, 6.07) is 14.2. The molecule has 0 spiro atoms. The second-order valence-electron chi connectivity index (χ2n) is 10.6. The maximum absolute atomic E-state index is 12.8. The Labute approximate surface area is 275 Å². The van der Waals surface area contributed by atoms with Gasteiger partial charge in [-0.25, -0.2) is 14.6 Å². The Morgan fingerprint density at radius 3 is 2.15 bits per heavy atom. The SMILES string of the molecule is O=C(CCC1CCNCC1)Nc1ccc2cc1CCc1cccc(c1)Nc1ncc(Cl)c(n1)N2.O=C(O)C(F)(F)F.O=C(O)C(F)(F)F. The van der Waals surface area contributed by atoms with Crippen LogP contribution in [0.2, 0.25) is 5.02 Å². The molecule has 6 bridgehead atoms. The van der Waals surface area contributed by atoms with Crippen molar-refractivity contribution >= 4 is 58.3 Å². The van der Waals surface area contributed by atoms with Crippen LogP contribution in [0.4, 0.5) is 55.2 Å². The van der Waals surface area contributed by atoms with Gasteiger partial charge in [0.1, 0.15) is 5.02 Å². The van der Waals surface area contributed by atoms with Crippen LogP contribution in [0.25, 0.3) is 0 Å². The zero-order valence-electron chi connectivity index (χ0n) is 25.0. The monoisotopic (exact) mass is 704 g/mol. The van der Waals surface area contributed by atoms with Crippen LogP contribution in [0.1, 0.15) is 36.8 Å². The quantitative estimate of drug-likeness (QED) is 0.161. The highest BCUT2D eigenvalue weighted by atomic mass is 35.5. The highest BCUT2D eigenvalue weighted by Gasteiger charge is 2.38. The van der Waals surface area contributed by atoms with Crippen molar-refractivity contribution in [1.29, 1.82) is 0 Å². The van der Waals surface area contributed by atoms with Gasteiger partial charge in [-0.05, 0) is 92.6 Å². The van der Waals surface area contributed by atoms with E-state index < -0.39 is 24.3 Å². The number of carbonyl (C=O) groups excluding carboxylic acids is 1. The molecule has 2 aromatic carbocycles. The fourth-order valence-corrected chi connectivity index (χ4v) is 4.72. The molecule has 1 fully saturated rings. The summed E-state index contributed by atoms with van der Waals surface area (Å²) in [5.74, 6) is -3.80. The van der Waals surface area contributed by atoms with Crippen LogP contribution < -0.4 is 21.3 Å². The molecule has 48 heavy (non-hydrogen) atoms. The Bertz CT molecular complexity index is 1560. The van der Waals surface area contributed by atoms with Gasteiger partial charge in [-0.2, -0.15) is 31.3 Å². The Kier molecular flexibility index (Phi) is 13.4. The third kappa shape index (κ3) is 12.5. The maximum atomic E-state index is 12.8. The van der Waals surface area contributed by atoms with Crippen LogP contribution in [0, 0.1) is 5.92 Å².